The summed E-state index contributed by atoms with van der Waals surface area (Å²) in [6.45, 7) is 1.92. The fourth-order valence-electron chi connectivity index (χ4n) is 2.25. The molecule has 1 saturated carbocycles. The lowest BCUT2D eigenvalue weighted by molar-refractivity contribution is 0.244. The Morgan fingerprint density at radius 2 is 2.11 bits per heavy atom. The van der Waals surface area contributed by atoms with Gasteiger partial charge in [-0.05, 0) is 47.3 Å². The monoisotopic (exact) mass is 311 g/mol. The van der Waals surface area contributed by atoms with Crippen molar-refractivity contribution in [3.8, 4) is 0 Å². The van der Waals surface area contributed by atoms with Crippen LogP contribution in [0.4, 0.5) is 10.6 Å². The highest BCUT2D eigenvalue weighted by Crippen LogP contribution is 2.19. The van der Waals surface area contributed by atoms with Gasteiger partial charge in [-0.2, -0.15) is 0 Å². The highest BCUT2D eigenvalue weighted by atomic mass is 79.9. The Morgan fingerprint density at radius 1 is 1.39 bits per heavy atom. The molecule has 5 heteroatoms. The first kappa shape index (κ1) is 13.3. The molecule has 0 aliphatic heterocycles. The Hall–Kier alpha value is -1.10. The van der Waals surface area contributed by atoms with Gasteiger partial charge in [-0.15, -0.1) is 0 Å². The summed E-state index contributed by atoms with van der Waals surface area (Å²) in [6.07, 6.45) is 7.55. The minimum absolute atomic E-state index is 0.153. The third kappa shape index (κ3) is 3.70. The summed E-state index contributed by atoms with van der Waals surface area (Å²) < 4.78 is 0.915. The zero-order chi connectivity index (χ0) is 13.0. The molecule has 4 nitrogen and oxygen atoms in total. The number of pyridine rings is 1. The molecular weight excluding hydrogens is 294 g/mol. The Kier molecular flexibility index (Phi) is 4.58. The fourth-order valence-corrected chi connectivity index (χ4v) is 2.69. The van der Waals surface area contributed by atoms with Crippen molar-refractivity contribution in [2.45, 2.75) is 45.1 Å². The molecule has 1 aliphatic rings. The summed E-state index contributed by atoms with van der Waals surface area (Å²) in [6, 6.07) is 2.10. The van der Waals surface area contributed by atoms with Gasteiger partial charge in [-0.1, -0.05) is 19.3 Å². The quantitative estimate of drug-likeness (QED) is 0.876. The minimum atomic E-state index is -0.153. The second-order valence-corrected chi connectivity index (χ2v) is 5.67. The van der Waals surface area contributed by atoms with Crippen LogP contribution >= 0.6 is 15.9 Å². The Bertz CT molecular complexity index is 430. The topological polar surface area (TPSA) is 54.0 Å². The van der Waals surface area contributed by atoms with Gasteiger partial charge in [0.25, 0.3) is 0 Å². The first-order valence-corrected chi connectivity index (χ1v) is 7.14. The molecule has 98 valence electrons. The Morgan fingerprint density at radius 3 is 2.78 bits per heavy atom. The predicted molar refractivity (Wildman–Crippen MR) is 75.7 cm³/mol. The number of aryl methyl sites for hydroxylation is 1. The van der Waals surface area contributed by atoms with Crippen molar-refractivity contribution in [2.24, 2.45) is 0 Å². The summed E-state index contributed by atoms with van der Waals surface area (Å²) >= 11 is 3.35. The van der Waals surface area contributed by atoms with Crippen molar-refractivity contribution in [1.29, 1.82) is 0 Å². The van der Waals surface area contributed by atoms with Crippen molar-refractivity contribution in [3.05, 3.63) is 22.3 Å². The first-order chi connectivity index (χ1) is 8.65. The van der Waals surface area contributed by atoms with Crippen LogP contribution in [0.15, 0.2) is 16.7 Å². The molecule has 0 saturated heterocycles. The molecule has 0 unspecified atom stereocenters. The van der Waals surface area contributed by atoms with E-state index in [1.54, 1.807) is 6.20 Å². The van der Waals surface area contributed by atoms with Crippen LogP contribution in [0.3, 0.4) is 0 Å². The van der Waals surface area contributed by atoms with Gasteiger partial charge in [0.05, 0.1) is 0 Å². The number of anilines is 1. The first-order valence-electron chi connectivity index (χ1n) is 6.35. The molecule has 2 amide bonds. The maximum atomic E-state index is 11.8. The average molecular weight is 312 g/mol. The van der Waals surface area contributed by atoms with Gasteiger partial charge in [0.15, 0.2) is 0 Å². The molecule has 0 bridgehead atoms. The van der Waals surface area contributed by atoms with Gasteiger partial charge in [-0.25, -0.2) is 9.78 Å². The third-order valence-electron chi connectivity index (χ3n) is 3.22. The summed E-state index contributed by atoms with van der Waals surface area (Å²) in [5.74, 6) is 0.617. The maximum absolute atomic E-state index is 11.8. The van der Waals surface area contributed by atoms with Crippen molar-refractivity contribution in [2.75, 3.05) is 5.32 Å². The molecule has 1 aromatic rings. The maximum Gasteiger partial charge on any atom is 0.320 e. The van der Waals surface area contributed by atoms with E-state index in [1.807, 2.05) is 13.0 Å². The lowest BCUT2D eigenvalue weighted by Gasteiger charge is -2.22. The van der Waals surface area contributed by atoms with E-state index in [0.29, 0.717) is 11.9 Å². The summed E-state index contributed by atoms with van der Waals surface area (Å²) in [7, 11) is 0. The van der Waals surface area contributed by atoms with E-state index < -0.39 is 0 Å². The van der Waals surface area contributed by atoms with Crippen molar-refractivity contribution < 1.29 is 4.79 Å². The van der Waals surface area contributed by atoms with Gasteiger partial charge in [0.1, 0.15) is 5.82 Å². The van der Waals surface area contributed by atoms with Gasteiger partial charge in [0, 0.05) is 16.7 Å². The Balaban J connectivity index is 1.90. The van der Waals surface area contributed by atoms with Gasteiger partial charge < -0.3 is 5.32 Å². The molecule has 2 N–H and O–H groups in total. The largest absolute Gasteiger partial charge is 0.335 e. The van der Waals surface area contributed by atoms with Crippen molar-refractivity contribution in [3.63, 3.8) is 0 Å². The highest BCUT2D eigenvalue weighted by Gasteiger charge is 2.16. The van der Waals surface area contributed by atoms with Gasteiger partial charge in [-0.3, -0.25) is 5.32 Å². The van der Waals surface area contributed by atoms with E-state index in [0.717, 1.165) is 22.9 Å². The number of nitrogens with zero attached hydrogens (tertiary/aromatic N) is 1. The van der Waals surface area contributed by atoms with Crippen LogP contribution in [0.5, 0.6) is 0 Å². The zero-order valence-corrected chi connectivity index (χ0v) is 12.1. The van der Waals surface area contributed by atoms with Crippen LogP contribution in [0.2, 0.25) is 0 Å². The summed E-state index contributed by atoms with van der Waals surface area (Å²) in [4.78, 5) is 16.0. The number of carbonyl (C=O) groups is 1. The molecule has 1 heterocycles. The van der Waals surface area contributed by atoms with Crippen LogP contribution in [-0.2, 0) is 0 Å². The van der Waals surface area contributed by atoms with E-state index >= 15 is 0 Å². The molecule has 2 rings (SSSR count). The molecule has 1 fully saturated rings. The van der Waals surface area contributed by atoms with Crippen molar-refractivity contribution >= 4 is 27.8 Å². The van der Waals surface area contributed by atoms with Crippen LogP contribution in [0.1, 0.15) is 37.7 Å². The summed E-state index contributed by atoms with van der Waals surface area (Å²) in [5, 5.41) is 5.81. The number of hydrogen-bond acceptors (Lipinski definition) is 2. The van der Waals surface area contributed by atoms with E-state index in [-0.39, 0.29) is 6.03 Å². The zero-order valence-electron chi connectivity index (χ0n) is 10.5. The van der Waals surface area contributed by atoms with E-state index in [4.69, 9.17) is 0 Å². The highest BCUT2D eigenvalue weighted by molar-refractivity contribution is 9.10. The lowest BCUT2D eigenvalue weighted by Crippen LogP contribution is -2.39. The smallest absolute Gasteiger partial charge is 0.320 e. The second kappa shape index (κ2) is 6.18. The minimum Gasteiger partial charge on any atom is -0.335 e. The molecule has 0 aromatic carbocycles. The van der Waals surface area contributed by atoms with Crippen molar-refractivity contribution in [1.82, 2.24) is 10.3 Å². The molecule has 0 atom stereocenters. The number of nitrogens with one attached hydrogen (secondary N) is 2. The molecule has 1 aliphatic carbocycles. The fraction of sp³-hybridized carbons (Fsp3) is 0.538. The molecular formula is C13H18BrN3O. The SMILES string of the molecule is Cc1cc(Br)cnc1NC(=O)NC1CCCCC1. The number of rotatable bonds is 2. The number of halogens is 1. The molecule has 1 aromatic heterocycles. The van der Waals surface area contributed by atoms with E-state index in [9.17, 15) is 4.79 Å². The van der Waals surface area contributed by atoms with Crippen LogP contribution in [-0.4, -0.2) is 17.1 Å². The molecule has 0 spiro atoms. The predicted octanol–water partition coefficient (Wildman–Crippen LogP) is 3.61. The number of hydrogen-bond donors (Lipinski definition) is 2. The third-order valence-corrected chi connectivity index (χ3v) is 3.65. The normalized spacial score (nSPS) is 16.3. The summed E-state index contributed by atoms with van der Waals surface area (Å²) in [5.41, 5.74) is 0.947. The van der Waals surface area contributed by atoms with Crippen LogP contribution in [0.25, 0.3) is 0 Å². The average Bonchev–Trinajstić information content (AvgIpc) is 2.34. The van der Waals surface area contributed by atoms with Gasteiger partial charge in [0.2, 0.25) is 0 Å². The number of carbonyl (C=O) groups excluding carboxylic acids is 1. The second-order valence-electron chi connectivity index (χ2n) is 4.75. The molecule has 0 radical (unpaired) electrons. The van der Waals surface area contributed by atoms with Crippen LogP contribution in [0, 0.1) is 6.92 Å². The standard InChI is InChI=1S/C13H18BrN3O/c1-9-7-10(14)8-15-12(9)17-13(18)16-11-5-3-2-4-6-11/h7-8,11H,2-6H2,1H3,(H2,15,16,17,18). The Labute approximate surface area is 116 Å². The van der Waals surface area contributed by atoms with Crippen LogP contribution < -0.4 is 10.6 Å². The molecule has 18 heavy (non-hydrogen) atoms. The number of urea groups is 1. The van der Waals surface area contributed by atoms with Gasteiger partial charge >= 0.3 is 6.03 Å². The lowest BCUT2D eigenvalue weighted by atomic mass is 9.96. The number of amides is 2. The van der Waals surface area contributed by atoms with E-state index in [2.05, 4.69) is 31.5 Å². The van der Waals surface area contributed by atoms with E-state index in [1.165, 1.54) is 19.3 Å². The number of aromatic nitrogens is 1.